The summed E-state index contributed by atoms with van der Waals surface area (Å²) in [7, 11) is -1.53. The highest BCUT2D eigenvalue weighted by Gasteiger charge is 2.35. The Labute approximate surface area is 107 Å². The molecule has 3 nitrogen and oxygen atoms in total. The Bertz CT molecular complexity index is 152. The first-order valence-corrected chi connectivity index (χ1v) is 11.2. The monoisotopic (exact) mass is 262 g/mol. The molecule has 0 bridgehead atoms. The van der Waals surface area contributed by atoms with Gasteiger partial charge in [-0.1, -0.05) is 26.7 Å². The van der Waals surface area contributed by atoms with E-state index in [1.807, 2.05) is 0 Å². The van der Waals surface area contributed by atoms with Crippen LogP contribution in [0.5, 0.6) is 0 Å². The first kappa shape index (κ1) is 16.6. The number of hydrogen-bond donors (Lipinski definition) is 0. The van der Waals surface area contributed by atoms with E-state index >= 15 is 0 Å². The molecule has 5 heteroatoms. The van der Waals surface area contributed by atoms with Crippen LogP contribution >= 0.6 is 0 Å². The van der Waals surface area contributed by atoms with Crippen molar-refractivity contribution in [1.29, 1.82) is 0 Å². The van der Waals surface area contributed by atoms with Gasteiger partial charge in [-0.25, -0.2) is 0 Å². The molecule has 0 atom stereocenters. The van der Waals surface area contributed by atoms with Gasteiger partial charge in [0.2, 0.25) is 0 Å². The third kappa shape index (κ3) is 11.1. The van der Waals surface area contributed by atoms with Crippen LogP contribution in [-0.4, -0.2) is 36.7 Å². The van der Waals surface area contributed by atoms with E-state index in [2.05, 4.69) is 33.5 Å². The van der Waals surface area contributed by atoms with Gasteiger partial charge in [-0.2, -0.15) is 0 Å². The van der Waals surface area contributed by atoms with Crippen molar-refractivity contribution in [2.75, 3.05) is 13.2 Å². The maximum absolute atomic E-state index is 5.96. The van der Waals surface area contributed by atoms with E-state index in [0.29, 0.717) is 0 Å². The van der Waals surface area contributed by atoms with Gasteiger partial charge in [0.05, 0.1) is 0 Å². The van der Waals surface area contributed by atoms with Crippen LogP contribution in [0, 0.1) is 0 Å². The van der Waals surface area contributed by atoms with Crippen molar-refractivity contribution in [2.45, 2.75) is 59.2 Å². The lowest BCUT2D eigenvalue weighted by Crippen LogP contribution is -2.39. The maximum atomic E-state index is 5.96. The van der Waals surface area contributed by atoms with Gasteiger partial charge in [-0.3, -0.25) is 0 Å². The van der Waals surface area contributed by atoms with Crippen molar-refractivity contribution in [3.63, 3.8) is 0 Å². The molecule has 0 aliphatic heterocycles. The fraction of sp³-hybridized carbons (Fsp3) is 1.00. The minimum atomic E-state index is -1.86. The number of rotatable bonds is 10. The van der Waals surface area contributed by atoms with Gasteiger partial charge in [0.1, 0.15) is 0 Å². The Morgan fingerprint density at radius 2 is 1.31 bits per heavy atom. The summed E-state index contributed by atoms with van der Waals surface area (Å²) in [6.45, 7) is 12.4. The van der Waals surface area contributed by atoms with Crippen LogP contribution in [0.25, 0.3) is 0 Å². The highest BCUT2D eigenvalue weighted by atomic mass is 28.4. The van der Waals surface area contributed by atoms with Crippen LogP contribution in [-0.2, 0) is 11.1 Å². The van der Waals surface area contributed by atoms with Gasteiger partial charge in [-0.05, 0) is 32.5 Å². The second kappa shape index (κ2) is 9.64. The van der Waals surface area contributed by atoms with Crippen molar-refractivity contribution in [2.24, 2.45) is 0 Å². The second-order valence-corrected chi connectivity index (χ2v) is 11.4. The van der Waals surface area contributed by atoms with Crippen molar-refractivity contribution in [1.82, 2.24) is 0 Å². The maximum Gasteiger partial charge on any atom is 0.894 e. The molecule has 0 aromatic heterocycles. The quantitative estimate of drug-likeness (QED) is 0.446. The molecule has 0 saturated carbocycles. The van der Waals surface area contributed by atoms with Gasteiger partial charge < -0.3 is 11.1 Å². The summed E-state index contributed by atoms with van der Waals surface area (Å²) in [6.07, 6.45) is 4.50. The van der Waals surface area contributed by atoms with Crippen LogP contribution in [0.4, 0.5) is 0 Å². The predicted molar refractivity (Wildman–Crippen MR) is 71.9 cm³/mol. The largest absolute Gasteiger partial charge is 0.894 e. The molecule has 0 aromatic carbocycles. The average Bonchev–Trinajstić information content (AvgIpc) is 2.16. The fourth-order valence-electron chi connectivity index (χ4n) is 1.05. The first-order chi connectivity index (χ1) is 7.49. The van der Waals surface area contributed by atoms with Gasteiger partial charge >= 0.3 is 15.1 Å². The third-order valence-corrected chi connectivity index (χ3v) is 6.57. The lowest BCUT2D eigenvalue weighted by Gasteiger charge is -2.22. The van der Waals surface area contributed by atoms with E-state index in [4.69, 9.17) is 11.1 Å². The molecule has 0 amide bonds. The Balaban J connectivity index is 3.85. The van der Waals surface area contributed by atoms with Gasteiger partial charge in [0, 0.05) is 13.2 Å². The molecule has 0 aliphatic rings. The summed E-state index contributed by atoms with van der Waals surface area (Å²) < 4.78 is 17.4. The lowest BCUT2D eigenvalue weighted by molar-refractivity contribution is 0.135. The van der Waals surface area contributed by atoms with Crippen LogP contribution in [0.15, 0.2) is 0 Å². The Kier molecular flexibility index (Phi) is 10.0. The zero-order valence-corrected chi connectivity index (χ0v) is 13.7. The molecule has 96 valence electrons. The predicted octanol–water partition coefficient (Wildman–Crippen LogP) is 3.46. The number of hydrogen-bond acceptors (Lipinski definition) is 3. The molecule has 0 fully saturated rings. The summed E-state index contributed by atoms with van der Waals surface area (Å²) in [6, 6.07) is 0. The van der Waals surface area contributed by atoms with Crippen molar-refractivity contribution >= 4 is 23.5 Å². The molecule has 0 aromatic rings. The molecular weight excluding hydrogens is 235 g/mol. The SMILES string of the molecule is CCCC[O][Al]([O]CCCC)[O][Si](C)(C)C. The van der Waals surface area contributed by atoms with Crippen LogP contribution < -0.4 is 0 Å². The van der Waals surface area contributed by atoms with Crippen molar-refractivity contribution in [3.05, 3.63) is 0 Å². The number of unbranched alkanes of at least 4 members (excludes halogenated alkanes) is 2. The molecule has 0 unspecified atom stereocenters. The summed E-state index contributed by atoms with van der Waals surface area (Å²) >= 11 is -1.86. The smallest absolute Gasteiger partial charge is 0.499 e. The molecule has 0 aliphatic carbocycles. The highest BCUT2D eigenvalue weighted by Crippen LogP contribution is 2.08. The standard InChI is InChI=1S/2C4H9O.C3H9OSi.Al/c2*1-2-3-4-5;1-5(2,3)4;/h2*2-4H2,1H3;1-3H3;/q3*-1;+3. The van der Waals surface area contributed by atoms with E-state index in [9.17, 15) is 0 Å². The zero-order valence-electron chi connectivity index (χ0n) is 11.5. The average molecular weight is 262 g/mol. The fourth-order valence-corrected chi connectivity index (χ4v) is 4.72. The summed E-state index contributed by atoms with van der Waals surface area (Å²) in [5, 5.41) is 0. The Morgan fingerprint density at radius 1 is 0.875 bits per heavy atom. The molecule has 16 heavy (non-hydrogen) atoms. The first-order valence-electron chi connectivity index (χ1n) is 6.40. The third-order valence-electron chi connectivity index (χ3n) is 1.95. The lowest BCUT2D eigenvalue weighted by atomic mass is 10.4. The minimum Gasteiger partial charge on any atom is -0.499 e. The van der Waals surface area contributed by atoms with E-state index in [-0.39, 0.29) is 0 Å². The molecule has 0 spiro atoms. The molecule has 0 radical (unpaired) electrons. The van der Waals surface area contributed by atoms with E-state index in [1.165, 1.54) is 0 Å². The minimum absolute atomic E-state index is 0.782. The van der Waals surface area contributed by atoms with Crippen molar-refractivity contribution < 1.29 is 11.1 Å². The second-order valence-electron chi connectivity index (χ2n) is 4.97. The van der Waals surface area contributed by atoms with E-state index in [1.54, 1.807) is 0 Å². The topological polar surface area (TPSA) is 27.7 Å². The van der Waals surface area contributed by atoms with E-state index in [0.717, 1.165) is 38.9 Å². The summed E-state index contributed by atoms with van der Waals surface area (Å²) in [5.74, 6) is 0. The normalized spacial score (nSPS) is 11.8. The van der Waals surface area contributed by atoms with Crippen LogP contribution in [0.2, 0.25) is 19.6 Å². The molecule has 0 heterocycles. The zero-order chi connectivity index (χ0) is 12.4. The molecular formula is C11H27AlO3Si. The van der Waals surface area contributed by atoms with Gasteiger partial charge in [0.15, 0.2) is 8.32 Å². The van der Waals surface area contributed by atoms with Crippen LogP contribution in [0.1, 0.15) is 39.5 Å². The Morgan fingerprint density at radius 3 is 1.62 bits per heavy atom. The van der Waals surface area contributed by atoms with Crippen LogP contribution in [0.3, 0.4) is 0 Å². The molecule has 0 rings (SSSR count). The highest BCUT2D eigenvalue weighted by molar-refractivity contribution is 6.74. The van der Waals surface area contributed by atoms with Gasteiger partial charge in [0.25, 0.3) is 0 Å². The summed E-state index contributed by atoms with van der Waals surface area (Å²) in [5.41, 5.74) is 0. The van der Waals surface area contributed by atoms with E-state index < -0.39 is 23.5 Å². The molecule has 0 saturated heterocycles. The molecule has 0 N–H and O–H groups in total. The van der Waals surface area contributed by atoms with Crippen molar-refractivity contribution in [3.8, 4) is 0 Å². The summed E-state index contributed by atoms with van der Waals surface area (Å²) in [4.78, 5) is 0. The Hall–Kier alpha value is 0.629. The van der Waals surface area contributed by atoms with Gasteiger partial charge in [-0.15, -0.1) is 0 Å².